The Kier molecular flexibility index (Phi) is 4.41. The van der Waals surface area contributed by atoms with Crippen LogP contribution in [0.3, 0.4) is 0 Å². The van der Waals surface area contributed by atoms with Crippen molar-refractivity contribution < 1.29 is 23.7 Å². The van der Waals surface area contributed by atoms with Gasteiger partial charge in [-0.05, 0) is 31.5 Å². The van der Waals surface area contributed by atoms with Gasteiger partial charge in [0.15, 0.2) is 0 Å². The van der Waals surface area contributed by atoms with E-state index in [2.05, 4.69) is 0 Å². The Labute approximate surface area is 203 Å². The summed E-state index contributed by atoms with van der Waals surface area (Å²) in [6.07, 6.45) is 0.256. The molecule has 182 valence electrons. The van der Waals surface area contributed by atoms with Gasteiger partial charge < -0.3 is 15.5 Å². The molecule has 11 heteroatoms. The minimum Gasteiger partial charge on any atom is -0.351 e. The Balaban J connectivity index is 1.50. The number of amides is 5. The van der Waals surface area contributed by atoms with E-state index in [-0.39, 0.29) is 28.7 Å². The van der Waals surface area contributed by atoms with Crippen LogP contribution in [0.1, 0.15) is 24.9 Å². The summed E-state index contributed by atoms with van der Waals surface area (Å²) in [5.41, 5.74) is 4.88. The largest absolute Gasteiger partial charge is 0.351 e. The number of nitrogens with zero attached hydrogens (tertiary/aromatic N) is 4. The molecule has 0 aromatic heterocycles. The van der Waals surface area contributed by atoms with Gasteiger partial charge in [0.1, 0.15) is 11.9 Å². The first-order chi connectivity index (χ1) is 17.2. The van der Waals surface area contributed by atoms with Gasteiger partial charge in [-0.3, -0.25) is 14.9 Å². The lowest BCUT2D eigenvalue weighted by Crippen LogP contribution is -2.61. The Hall–Kier alpha value is -4.54. The van der Waals surface area contributed by atoms with Crippen LogP contribution in [0.2, 0.25) is 0 Å². The van der Waals surface area contributed by atoms with Crippen molar-refractivity contribution in [3.05, 3.63) is 82.2 Å². The minimum atomic E-state index is -1.11. The zero-order valence-electron chi connectivity index (χ0n) is 19.0. The fourth-order valence-corrected chi connectivity index (χ4v) is 6.37. The quantitative estimate of drug-likeness (QED) is 0.341. The van der Waals surface area contributed by atoms with Gasteiger partial charge in [0.05, 0.1) is 33.6 Å². The summed E-state index contributed by atoms with van der Waals surface area (Å²) in [7, 11) is 0. The van der Waals surface area contributed by atoms with Crippen molar-refractivity contribution in [3.8, 4) is 0 Å². The number of non-ortho nitro benzene ring substituents is 1. The van der Waals surface area contributed by atoms with Crippen LogP contribution in [-0.4, -0.2) is 50.3 Å². The molecule has 3 aliphatic heterocycles. The Morgan fingerprint density at radius 3 is 2.42 bits per heavy atom. The van der Waals surface area contributed by atoms with Gasteiger partial charge in [0, 0.05) is 17.0 Å². The number of carbonyl (C=O) groups excluding carboxylic acids is 3. The van der Waals surface area contributed by atoms with Crippen molar-refractivity contribution in [1.29, 1.82) is 0 Å². The van der Waals surface area contributed by atoms with Crippen LogP contribution in [0, 0.1) is 15.9 Å². The van der Waals surface area contributed by atoms with Crippen molar-refractivity contribution in [1.82, 2.24) is 9.80 Å². The van der Waals surface area contributed by atoms with E-state index in [1.54, 1.807) is 43.3 Å². The van der Waals surface area contributed by atoms with E-state index in [1.165, 1.54) is 34.1 Å². The van der Waals surface area contributed by atoms with E-state index in [0.29, 0.717) is 5.39 Å². The number of primary amides is 1. The van der Waals surface area contributed by atoms with Crippen LogP contribution < -0.4 is 10.6 Å². The lowest BCUT2D eigenvalue weighted by Gasteiger charge is -2.46. The van der Waals surface area contributed by atoms with Gasteiger partial charge in [-0.2, -0.15) is 0 Å². The van der Waals surface area contributed by atoms with Crippen molar-refractivity contribution in [2.75, 3.05) is 4.90 Å². The highest BCUT2D eigenvalue weighted by molar-refractivity contribution is 6.25. The standard InChI is InChI=1S/C25H20FN5O5/c1-25-12-19(28(23(27)33)21(25)15-8-4-5-9-16(15)26)20-22(32)29(24(34)30(20)25)17-10-11-18(31(35)36)14-7-3-2-6-13(14)17/h2-11,19-21H,12H2,1H3,(H2,27,33). The predicted molar refractivity (Wildman–Crippen MR) is 126 cm³/mol. The number of anilines is 1. The summed E-state index contributed by atoms with van der Waals surface area (Å²) in [6, 6.07) is 11.0. The van der Waals surface area contributed by atoms with Gasteiger partial charge >= 0.3 is 12.1 Å². The summed E-state index contributed by atoms with van der Waals surface area (Å²) in [4.78, 5) is 54.9. The third-order valence-electron chi connectivity index (χ3n) is 7.68. The number of imide groups is 1. The Morgan fingerprint density at radius 2 is 1.75 bits per heavy atom. The fourth-order valence-electron chi connectivity index (χ4n) is 6.37. The van der Waals surface area contributed by atoms with E-state index in [0.717, 1.165) is 4.90 Å². The number of halogens is 1. The van der Waals surface area contributed by atoms with Crippen LogP contribution in [0.4, 0.5) is 25.4 Å². The number of likely N-dealkylation sites (tertiary alicyclic amines) is 1. The number of rotatable bonds is 3. The zero-order valence-corrected chi connectivity index (χ0v) is 19.0. The van der Waals surface area contributed by atoms with Crippen LogP contribution in [0.15, 0.2) is 60.7 Å². The Morgan fingerprint density at radius 1 is 1.08 bits per heavy atom. The summed E-state index contributed by atoms with van der Waals surface area (Å²) in [6.45, 7) is 1.72. The molecule has 0 aliphatic carbocycles. The van der Waals surface area contributed by atoms with Crippen molar-refractivity contribution in [2.45, 2.75) is 37.0 Å². The number of hydrogen-bond donors (Lipinski definition) is 1. The molecule has 36 heavy (non-hydrogen) atoms. The van der Waals surface area contributed by atoms with Gasteiger partial charge in [-0.25, -0.2) is 18.9 Å². The molecule has 0 radical (unpaired) electrons. The van der Waals surface area contributed by atoms with Crippen LogP contribution in [0.25, 0.3) is 10.8 Å². The van der Waals surface area contributed by atoms with Gasteiger partial charge in [-0.15, -0.1) is 0 Å². The average molecular weight is 489 g/mol. The first kappa shape index (κ1) is 22.0. The molecule has 3 saturated heterocycles. The third kappa shape index (κ3) is 2.62. The van der Waals surface area contributed by atoms with Gasteiger partial charge in [0.2, 0.25) is 0 Å². The molecule has 2 N–H and O–H groups in total. The van der Waals surface area contributed by atoms with Gasteiger partial charge in [-0.1, -0.05) is 36.4 Å². The second-order valence-corrected chi connectivity index (χ2v) is 9.48. The summed E-state index contributed by atoms with van der Waals surface area (Å²) in [5, 5.41) is 12.2. The lowest BCUT2D eigenvalue weighted by molar-refractivity contribution is -0.383. The van der Waals surface area contributed by atoms with Crippen molar-refractivity contribution in [2.24, 2.45) is 5.73 Å². The molecule has 10 nitrogen and oxygen atoms in total. The molecule has 4 unspecified atom stereocenters. The van der Waals surface area contributed by atoms with Crippen molar-refractivity contribution in [3.63, 3.8) is 0 Å². The Bertz CT molecular complexity index is 1510. The fraction of sp³-hybridized carbons (Fsp3) is 0.240. The second-order valence-electron chi connectivity index (χ2n) is 9.48. The first-order valence-electron chi connectivity index (χ1n) is 11.3. The predicted octanol–water partition coefficient (Wildman–Crippen LogP) is 3.69. The topological polar surface area (TPSA) is 130 Å². The summed E-state index contributed by atoms with van der Waals surface area (Å²) < 4.78 is 14.9. The molecule has 3 aliphatic rings. The molecular formula is C25H20FN5O5. The molecule has 0 saturated carbocycles. The van der Waals surface area contributed by atoms with Crippen LogP contribution in [0.5, 0.6) is 0 Å². The lowest BCUT2D eigenvalue weighted by atomic mass is 9.86. The van der Waals surface area contributed by atoms with Crippen molar-refractivity contribution >= 4 is 40.1 Å². The number of urea groups is 2. The van der Waals surface area contributed by atoms with Crippen LogP contribution >= 0.6 is 0 Å². The molecule has 4 atom stereocenters. The highest BCUT2D eigenvalue weighted by atomic mass is 19.1. The van der Waals surface area contributed by atoms with E-state index in [4.69, 9.17) is 5.73 Å². The summed E-state index contributed by atoms with van der Waals surface area (Å²) >= 11 is 0. The molecule has 3 aromatic rings. The summed E-state index contributed by atoms with van der Waals surface area (Å²) in [5.74, 6) is -1.11. The van der Waals surface area contributed by atoms with Crippen LogP contribution in [-0.2, 0) is 4.79 Å². The molecule has 2 bridgehead atoms. The number of benzene rings is 3. The number of nitrogens with two attached hydrogens (primary N) is 1. The molecule has 3 heterocycles. The second kappa shape index (κ2) is 7.23. The maximum absolute atomic E-state index is 14.9. The molecule has 5 amide bonds. The normalized spacial score (nSPS) is 26.7. The van der Waals surface area contributed by atoms with E-state index < -0.39 is 52.4 Å². The van der Waals surface area contributed by atoms with Gasteiger partial charge in [0.25, 0.3) is 11.6 Å². The number of carbonyl (C=O) groups is 3. The van der Waals surface area contributed by atoms with E-state index in [9.17, 15) is 28.9 Å². The molecule has 6 rings (SSSR count). The smallest absolute Gasteiger partial charge is 0.332 e. The zero-order chi connectivity index (χ0) is 25.5. The minimum absolute atomic E-state index is 0.152. The van der Waals surface area contributed by atoms with E-state index >= 15 is 0 Å². The maximum atomic E-state index is 14.9. The molecule has 0 spiro atoms. The average Bonchev–Trinajstić information content (AvgIpc) is 3.42. The maximum Gasteiger partial charge on any atom is 0.332 e. The molecular weight excluding hydrogens is 469 g/mol. The van der Waals surface area contributed by atoms with E-state index in [1.807, 2.05) is 0 Å². The number of piperazine rings is 1. The SMILES string of the molecule is CC12CC(C3C(=O)N(c4ccc([N+](=O)[O-])c5ccccc45)C(=O)N31)N(C(N)=O)C2c1ccccc1F. The number of fused-ring (bicyclic) bond motifs is 6. The molecule has 3 fully saturated rings. The highest BCUT2D eigenvalue weighted by Gasteiger charge is 2.72. The monoisotopic (exact) mass is 489 g/mol. The molecule has 3 aromatic carbocycles. The number of nitro groups is 1. The number of nitro benzene ring substituents is 1. The highest BCUT2D eigenvalue weighted by Crippen LogP contribution is 2.58. The third-order valence-corrected chi connectivity index (χ3v) is 7.68. The first-order valence-corrected chi connectivity index (χ1v) is 11.3. The number of hydrogen-bond acceptors (Lipinski definition) is 5.